The second-order valence-corrected chi connectivity index (χ2v) is 9.30. The summed E-state index contributed by atoms with van der Waals surface area (Å²) in [6.45, 7) is 3.02. The Hall–Kier alpha value is -1.72. The molecule has 3 rings (SSSR count). The van der Waals surface area contributed by atoms with E-state index in [4.69, 9.17) is 22.1 Å². The zero-order valence-corrected chi connectivity index (χ0v) is 18.5. The monoisotopic (exact) mass is 472 g/mol. The maximum atomic E-state index is 13.3. The van der Waals surface area contributed by atoms with E-state index in [-0.39, 0.29) is 29.2 Å². The number of hydrogen-bond acceptors (Lipinski definition) is 7. The molecule has 2 aromatic rings. The molecule has 1 aromatic carbocycles. The Morgan fingerprint density at radius 1 is 1.47 bits per heavy atom. The Balaban J connectivity index is 1.39. The minimum absolute atomic E-state index is 0.100. The zero-order valence-electron chi connectivity index (χ0n) is 16.1. The molecule has 1 aliphatic rings. The van der Waals surface area contributed by atoms with Crippen molar-refractivity contribution < 1.29 is 18.7 Å². The van der Waals surface area contributed by atoms with Gasteiger partial charge in [0.25, 0.3) is 0 Å². The lowest BCUT2D eigenvalue weighted by atomic mass is 10.2. The molecule has 0 bridgehead atoms. The molecule has 11 heteroatoms. The van der Waals surface area contributed by atoms with Crippen LogP contribution in [0, 0.1) is 5.82 Å². The van der Waals surface area contributed by atoms with Gasteiger partial charge in [-0.15, -0.1) is 11.3 Å². The summed E-state index contributed by atoms with van der Waals surface area (Å²) in [4.78, 5) is 29.5. The molecule has 1 aliphatic heterocycles. The highest BCUT2D eigenvalue weighted by Gasteiger charge is 2.21. The van der Waals surface area contributed by atoms with Gasteiger partial charge in [0.1, 0.15) is 5.82 Å². The Morgan fingerprint density at radius 3 is 3.07 bits per heavy atom. The fourth-order valence-electron chi connectivity index (χ4n) is 2.96. The van der Waals surface area contributed by atoms with Crippen molar-refractivity contribution in [2.24, 2.45) is 5.73 Å². The average Bonchev–Trinajstić information content (AvgIpc) is 3.14. The number of amides is 2. The molecular formula is C19H22ClFN4O3S2. The topological polar surface area (TPSA) is 97.5 Å². The van der Waals surface area contributed by atoms with Gasteiger partial charge in [0.2, 0.25) is 11.8 Å². The molecule has 1 aromatic heterocycles. The van der Waals surface area contributed by atoms with Gasteiger partial charge in [-0.3, -0.25) is 14.5 Å². The summed E-state index contributed by atoms with van der Waals surface area (Å²) in [6.07, 6.45) is -0.0197. The van der Waals surface area contributed by atoms with Gasteiger partial charge in [-0.05, 0) is 17.7 Å². The standard InChI is InChI=1S/C19H22ClFN4O3S2/c20-15-5-12(1-2-16(15)21)8-25-3-4-28-14(9-25)7-23-18(27)11-30-19-24-13(10-29-19)6-17(22)26/h1-2,5,10,14H,3-4,6-9,11H2,(H2,22,26)(H,23,27)/t14-/m0/s1. The third-order valence-corrected chi connectivity index (χ3v) is 6.71. The van der Waals surface area contributed by atoms with Crippen LogP contribution < -0.4 is 11.1 Å². The predicted octanol–water partition coefficient (Wildman–Crippen LogP) is 2.07. The van der Waals surface area contributed by atoms with Crippen molar-refractivity contribution in [1.29, 1.82) is 0 Å². The van der Waals surface area contributed by atoms with Gasteiger partial charge in [-0.25, -0.2) is 9.37 Å². The molecule has 0 spiro atoms. The molecular weight excluding hydrogens is 451 g/mol. The van der Waals surface area contributed by atoms with Gasteiger partial charge in [0.05, 0.1) is 35.6 Å². The Labute approximate surface area is 187 Å². The number of hydrogen-bond donors (Lipinski definition) is 2. The highest BCUT2D eigenvalue weighted by atomic mass is 35.5. The minimum atomic E-state index is -0.432. The third kappa shape index (κ3) is 7.21. The lowest BCUT2D eigenvalue weighted by Crippen LogP contribution is -2.47. The number of thioether (sulfide) groups is 1. The van der Waals surface area contributed by atoms with Crippen LogP contribution in [0.15, 0.2) is 27.9 Å². The van der Waals surface area contributed by atoms with Crippen molar-refractivity contribution in [2.45, 2.75) is 23.4 Å². The van der Waals surface area contributed by atoms with Crippen molar-refractivity contribution in [2.75, 3.05) is 32.0 Å². The molecule has 1 atom stereocenters. The van der Waals surface area contributed by atoms with Crippen LogP contribution in [0.25, 0.3) is 0 Å². The van der Waals surface area contributed by atoms with Gasteiger partial charge in [0.15, 0.2) is 4.34 Å². The molecule has 2 amide bonds. The summed E-state index contributed by atoms with van der Waals surface area (Å²) in [5, 5.41) is 4.77. The molecule has 7 nitrogen and oxygen atoms in total. The van der Waals surface area contributed by atoms with E-state index in [1.165, 1.54) is 29.2 Å². The fourth-order valence-corrected chi connectivity index (χ4v) is 4.84. The lowest BCUT2D eigenvalue weighted by molar-refractivity contribution is -0.120. The van der Waals surface area contributed by atoms with E-state index in [1.807, 2.05) is 0 Å². The first-order valence-corrected chi connectivity index (χ1v) is 11.5. The van der Waals surface area contributed by atoms with Crippen LogP contribution >= 0.6 is 34.7 Å². The van der Waals surface area contributed by atoms with Crippen LogP contribution in [0.5, 0.6) is 0 Å². The average molecular weight is 473 g/mol. The number of aromatic nitrogens is 1. The Morgan fingerprint density at radius 2 is 2.30 bits per heavy atom. The van der Waals surface area contributed by atoms with Crippen molar-refractivity contribution in [3.05, 3.63) is 45.7 Å². The molecule has 1 saturated heterocycles. The largest absolute Gasteiger partial charge is 0.374 e. The number of primary amides is 1. The smallest absolute Gasteiger partial charge is 0.230 e. The number of ether oxygens (including phenoxy) is 1. The van der Waals surface area contributed by atoms with Crippen LogP contribution in [0.3, 0.4) is 0 Å². The van der Waals surface area contributed by atoms with Gasteiger partial charge in [-0.1, -0.05) is 29.4 Å². The van der Waals surface area contributed by atoms with Crippen LogP contribution in [-0.4, -0.2) is 59.8 Å². The molecule has 1 fully saturated rings. The summed E-state index contributed by atoms with van der Waals surface area (Å²) < 4.78 is 19.8. The summed E-state index contributed by atoms with van der Waals surface area (Å²) in [6, 6.07) is 4.72. The van der Waals surface area contributed by atoms with Crippen LogP contribution in [-0.2, 0) is 27.3 Å². The van der Waals surface area contributed by atoms with E-state index in [2.05, 4.69) is 15.2 Å². The summed E-state index contributed by atoms with van der Waals surface area (Å²) >= 11 is 8.55. The fraction of sp³-hybridized carbons (Fsp3) is 0.421. The number of benzene rings is 1. The first kappa shape index (κ1) is 23.0. The minimum Gasteiger partial charge on any atom is -0.374 e. The van der Waals surface area contributed by atoms with Crippen molar-refractivity contribution in [3.8, 4) is 0 Å². The Bertz CT molecular complexity index is 898. The lowest BCUT2D eigenvalue weighted by Gasteiger charge is -2.33. The molecule has 2 heterocycles. The Kier molecular flexibility index (Phi) is 8.46. The van der Waals surface area contributed by atoms with E-state index >= 15 is 0 Å². The normalized spacial score (nSPS) is 17.1. The zero-order chi connectivity index (χ0) is 21.5. The van der Waals surface area contributed by atoms with E-state index in [0.29, 0.717) is 31.9 Å². The molecule has 0 saturated carbocycles. The highest BCUT2D eigenvalue weighted by molar-refractivity contribution is 8.01. The van der Waals surface area contributed by atoms with Gasteiger partial charge >= 0.3 is 0 Å². The molecule has 0 radical (unpaired) electrons. The second kappa shape index (κ2) is 11.1. The van der Waals surface area contributed by atoms with E-state index in [9.17, 15) is 14.0 Å². The van der Waals surface area contributed by atoms with Crippen molar-refractivity contribution in [1.82, 2.24) is 15.2 Å². The van der Waals surface area contributed by atoms with E-state index in [0.717, 1.165) is 16.4 Å². The molecule has 0 aliphatic carbocycles. The van der Waals surface area contributed by atoms with E-state index in [1.54, 1.807) is 17.5 Å². The number of halogens is 2. The number of nitrogens with two attached hydrogens (primary N) is 1. The second-order valence-electron chi connectivity index (χ2n) is 6.82. The van der Waals surface area contributed by atoms with Gasteiger partial charge < -0.3 is 15.8 Å². The number of carbonyl (C=O) groups excluding carboxylic acids is 2. The van der Waals surface area contributed by atoms with Crippen LogP contribution in [0.1, 0.15) is 11.3 Å². The molecule has 162 valence electrons. The van der Waals surface area contributed by atoms with Gasteiger partial charge in [0, 0.05) is 31.6 Å². The summed E-state index contributed by atoms with van der Waals surface area (Å²) in [5.74, 6) is -0.743. The number of nitrogens with zero attached hydrogens (tertiary/aromatic N) is 2. The number of nitrogens with one attached hydrogen (secondary N) is 1. The van der Waals surface area contributed by atoms with Crippen LogP contribution in [0.4, 0.5) is 4.39 Å². The molecule has 30 heavy (non-hydrogen) atoms. The maximum Gasteiger partial charge on any atom is 0.230 e. The number of rotatable bonds is 9. The highest BCUT2D eigenvalue weighted by Crippen LogP contribution is 2.22. The third-order valence-electron chi connectivity index (χ3n) is 4.35. The number of thiazole rings is 1. The summed E-state index contributed by atoms with van der Waals surface area (Å²) in [5.41, 5.74) is 6.70. The van der Waals surface area contributed by atoms with Crippen LogP contribution in [0.2, 0.25) is 5.02 Å². The van der Waals surface area contributed by atoms with Crippen molar-refractivity contribution >= 4 is 46.5 Å². The molecule has 3 N–H and O–H groups in total. The first-order valence-electron chi connectivity index (χ1n) is 9.29. The SMILES string of the molecule is NC(=O)Cc1csc(SCC(=O)NC[C@H]2CN(Cc3ccc(F)c(Cl)c3)CCO2)n1. The number of carbonyl (C=O) groups is 2. The quantitative estimate of drug-likeness (QED) is 0.542. The first-order chi connectivity index (χ1) is 14.4. The van der Waals surface area contributed by atoms with Crippen molar-refractivity contribution in [3.63, 3.8) is 0 Å². The molecule has 0 unspecified atom stereocenters. The summed E-state index contributed by atoms with van der Waals surface area (Å²) in [7, 11) is 0. The van der Waals surface area contributed by atoms with E-state index < -0.39 is 11.7 Å². The number of morpholine rings is 1. The maximum absolute atomic E-state index is 13.3. The van der Waals surface area contributed by atoms with Gasteiger partial charge in [-0.2, -0.15) is 0 Å². The predicted molar refractivity (Wildman–Crippen MR) is 115 cm³/mol.